The molecule has 0 radical (unpaired) electrons. The van der Waals surface area contributed by atoms with Gasteiger partial charge < -0.3 is 19.3 Å². The minimum absolute atomic E-state index is 0.0825. The van der Waals surface area contributed by atoms with Gasteiger partial charge in [-0.3, -0.25) is 4.79 Å². The van der Waals surface area contributed by atoms with Gasteiger partial charge in [-0.2, -0.15) is 0 Å². The van der Waals surface area contributed by atoms with Crippen molar-refractivity contribution < 1.29 is 18.7 Å². The average Bonchev–Trinajstić information content (AvgIpc) is 3.31. The van der Waals surface area contributed by atoms with E-state index in [2.05, 4.69) is 17.0 Å². The molecule has 0 aromatic heterocycles. The van der Waals surface area contributed by atoms with Gasteiger partial charge in [0.15, 0.2) is 0 Å². The molecule has 4 rings (SSSR count). The zero-order valence-electron chi connectivity index (χ0n) is 21.3. The molecule has 2 heterocycles. The third-order valence-corrected chi connectivity index (χ3v) is 7.11. The number of benzene rings is 2. The number of carbonyl (C=O) groups excluding carboxylic acids is 1. The van der Waals surface area contributed by atoms with E-state index >= 15 is 0 Å². The van der Waals surface area contributed by atoms with Crippen molar-refractivity contribution in [2.45, 2.75) is 51.2 Å². The summed E-state index contributed by atoms with van der Waals surface area (Å²) in [5.74, 6) is 1.46. The van der Waals surface area contributed by atoms with Gasteiger partial charge in [-0.25, -0.2) is 4.39 Å². The van der Waals surface area contributed by atoms with E-state index in [4.69, 9.17) is 9.47 Å². The van der Waals surface area contributed by atoms with Crippen molar-refractivity contribution in [3.05, 3.63) is 54.1 Å². The lowest BCUT2D eigenvalue weighted by atomic mass is 9.97. The zero-order valence-corrected chi connectivity index (χ0v) is 21.3. The van der Waals surface area contributed by atoms with Crippen LogP contribution in [0.1, 0.15) is 49.9 Å². The van der Waals surface area contributed by atoms with Gasteiger partial charge >= 0.3 is 0 Å². The maximum Gasteiger partial charge on any atom is 0.254 e. The summed E-state index contributed by atoms with van der Waals surface area (Å²) < 4.78 is 25.2. The summed E-state index contributed by atoms with van der Waals surface area (Å²) in [4.78, 5) is 17.1. The molecule has 1 atom stereocenters. The Bertz CT molecular complexity index is 947. The van der Waals surface area contributed by atoms with Crippen LogP contribution in [-0.2, 0) is 4.74 Å². The maximum absolute atomic E-state index is 13.9. The lowest BCUT2D eigenvalue weighted by Crippen LogP contribution is -2.41. The molecule has 1 amide bonds. The molecule has 2 aliphatic heterocycles. The fourth-order valence-corrected chi connectivity index (χ4v) is 5.24. The van der Waals surface area contributed by atoms with Gasteiger partial charge in [0.25, 0.3) is 5.91 Å². The van der Waals surface area contributed by atoms with Gasteiger partial charge in [0.05, 0.1) is 19.3 Å². The van der Waals surface area contributed by atoms with Crippen LogP contribution in [0.15, 0.2) is 48.5 Å². The number of piperidine rings is 1. The number of hydrogen-bond acceptors (Lipinski definition) is 4. The number of hydrogen-bond donors (Lipinski definition) is 0. The van der Waals surface area contributed by atoms with Crippen LogP contribution in [-0.4, -0.2) is 73.9 Å². The van der Waals surface area contributed by atoms with Gasteiger partial charge in [-0.15, -0.1) is 0 Å². The monoisotopic (exact) mass is 482 g/mol. The van der Waals surface area contributed by atoms with Crippen molar-refractivity contribution in [3.8, 4) is 16.9 Å². The summed E-state index contributed by atoms with van der Waals surface area (Å²) in [6.07, 6.45) is 4.12. The topological polar surface area (TPSA) is 42.0 Å². The maximum atomic E-state index is 13.9. The van der Waals surface area contributed by atoms with Crippen molar-refractivity contribution in [3.63, 3.8) is 0 Å². The van der Waals surface area contributed by atoms with E-state index in [-0.39, 0.29) is 11.9 Å². The van der Waals surface area contributed by atoms with Crippen molar-refractivity contribution >= 4 is 5.91 Å². The third kappa shape index (κ3) is 7.05. The number of carbonyl (C=O) groups is 1. The molecule has 0 saturated carbocycles. The van der Waals surface area contributed by atoms with Crippen molar-refractivity contribution in [2.75, 3.05) is 46.5 Å². The van der Waals surface area contributed by atoms with Crippen molar-refractivity contribution in [2.24, 2.45) is 5.92 Å². The first-order valence-electron chi connectivity index (χ1n) is 12.9. The normalized spacial score (nSPS) is 19.8. The first-order valence-corrected chi connectivity index (χ1v) is 12.9. The molecule has 2 aromatic carbocycles. The molecule has 2 saturated heterocycles. The molecule has 0 unspecified atom stereocenters. The summed E-state index contributed by atoms with van der Waals surface area (Å²) in [5, 5.41) is 0. The molecule has 190 valence electrons. The predicted molar refractivity (Wildman–Crippen MR) is 138 cm³/mol. The Morgan fingerprint density at radius 3 is 2.17 bits per heavy atom. The Balaban J connectivity index is 1.27. The highest BCUT2D eigenvalue weighted by atomic mass is 19.1. The van der Waals surface area contributed by atoms with E-state index in [1.807, 2.05) is 41.3 Å². The Kier molecular flexibility index (Phi) is 8.45. The number of methoxy groups -OCH3 is 1. The highest BCUT2D eigenvalue weighted by molar-refractivity contribution is 5.95. The molecule has 6 heteroatoms. The molecule has 35 heavy (non-hydrogen) atoms. The average molecular weight is 483 g/mol. The van der Waals surface area contributed by atoms with Crippen molar-refractivity contribution in [1.29, 1.82) is 0 Å². The van der Waals surface area contributed by atoms with E-state index in [0.29, 0.717) is 25.7 Å². The molecule has 5 nitrogen and oxygen atoms in total. The molecule has 0 spiro atoms. The number of ether oxygens (including phenoxy) is 2. The van der Waals surface area contributed by atoms with Crippen LogP contribution in [0.25, 0.3) is 11.1 Å². The van der Waals surface area contributed by atoms with Crippen LogP contribution in [0, 0.1) is 5.92 Å². The highest BCUT2D eigenvalue weighted by Crippen LogP contribution is 2.26. The molecule has 0 bridgehead atoms. The quantitative estimate of drug-likeness (QED) is 0.477. The lowest BCUT2D eigenvalue weighted by molar-refractivity contribution is 0.0630. The molecule has 2 aromatic rings. The summed E-state index contributed by atoms with van der Waals surface area (Å²) in [5.41, 5.74) is 1.75. The Morgan fingerprint density at radius 2 is 1.57 bits per heavy atom. The fraction of sp³-hybridized carbons (Fsp3) is 0.552. The molecular weight excluding hydrogens is 443 g/mol. The second-order valence-electron chi connectivity index (χ2n) is 10.6. The molecular formula is C29H39FN2O3. The largest absolute Gasteiger partial charge is 0.493 e. The zero-order chi connectivity index (χ0) is 24.8. The van der Waals surface area contributed by atoms with Crippen LogP contribution >= 0.6 is 0 Å². The number of nitrogens with zero attached hydrogens (tertiary/aromatic N) is 2. The van der Waals surface area contributed by atoms with Gasteiger partial charge in [0, 0.05) is 25.8 Å². The third-order valence-electron chi connectivity index (χ3n) is 7.11. The van der Waals surface area contributed by atoms with Gasteiger partial charge in [-0.05, 0) is 93.9 Å². The Labute approximate surface area is 209 Å². The number of alkyl halides is 1. The number of rotatable bonds is 9. The smallest absolute Gasteiger partial charge is 0.254 e. The summed E-state index contributed by atoms with van der Waals surface area (Å²) >= 11 is 0. The first kappa shape index (κ1) is 25.6. The highest BCUT2D eigenvalue weighted by Gasteiger charge is 2.29. The first-order chi connectivity index (χ1) is 16.8. The van der Waals surface area contributed by atoms with Crippen molar-refractivity contribution in [1.82, 2.24) is 9.80 Å². The Hall–Kier alpha value is -2.44. The van der Waals surface area contributed by atoms with Crippen LogP contribution in [0.3, 0.4) is 0 Å². The second kappa shape index (κ2) is 11.5. The molecule has 2 aliphatic rings. The summed E-state index contributed by atoms with van der Waals surface area (Å²) in [6.45, 7) is 7.75. The van der Waals surface area contributed by atoms with Crippen LogP contribution in [0.2, 0.25) is 0 Å². The van der Waals surface area contributed by atoms with E-state index in [1.165, 1.54) is 0 Å². The van der Waals surface area contributed by atoms with E-state index < -0.39 is 5.67 Å². The fourth-order valence-electron chi connectivity index (χ4n) is 5.24. The van der Waals surface area contributed by atoms with E-state index in [9.17, 15) is 9.18 Å². The lowest BCUT2D eigenvalue weighted by Gasteiger charge is -2.34. The molecule has 2 fully saturated rings. The summed E-state index contributed by atoms with van der Waals surface area (Å²) in [6, 6.07) is 16.2. The number of amides is 1. The minimum atomic E-state index is -1.14. The van der Waals surface area contributed by atoms with E-state index in [1.54, 1.807) is 21.0 Å². The molecule has 0 aliphatic carbocycles. The van der Waals surface area contributed by atoms with E-state index in [0.717, 1.165) is 67.8 Å². The predicted octanol–water partition coefficient (Wildman–Crippen LogP) is 5.44. The van der Waals surface area contributed by atoms with Crippen LogP contribution < -0.4 is 4.74 Å². The Morgan fingerprint density at radius 1 is 0.943 bits per heavy atom. The van der Waals surface area contributed by atoms with Crippen LogP contribution in [0.4, 0.5) is 4.39 Å². The molecule has 0 N–H and O–H groups in total. The SMILES string of the molecule is COC[C@H]1CCCN1C(=O)c1ccc(-c2ccc(OCC3CCN(CC(C)(C)F)CC3)cc2)cc1. The van der Waals surface area contributed by atoms with Gasteiger partial charge in [0.1, 0.15) is 11.4 Å². The van der Waals surface area contributed by atoms with Gasteiger partial charge in [0.2, 0.25) is 0 Å². The van der Waals surface area contributed by atoms with Crippen LogP contribution in [0.5, 0.6) is 5.75 Å². The standard InChI is InChI=1S/C29H39FN2O3/c1-29(2,30)21-31-17-14-22(15-18-31)19-35-27-12-10-24(11-13-27)23-6-8-25(9-7-23)28(33)32-16-4-5-26(32)20-34-3/h6-13,22,26H,4-5,14-21H2,1-3H3/t26-/m1/s1. The minimum Gasteiger partial charge on any atom is -0.493 e. The number of halogens is 1. The van der Waals surface area contributed by atoms with Gasteiger partial charge in [-0.1, -0.05) is 24.3 Å². The summed E-state index contributed by atoms with van der Waals surface area (Å²) in [7, 11) is 1.69. The number of likely N-dealkylation sites (tertiary alicyclic amines) is 2. The second-order valence-corrected chi connectivity index (χ2v) is 10.6.